The van der Waals surface area contributed by atoms with Gasteiger partial charge in [0.2, 0.25) is 0 Å². The Morgan fingerprint density at radius 1 is 1.19 bits per heavy atom. The molecule has 0 aliphatic rings. The number of pyridine rings is 1. The molecule has 0 aromatic carbocycles. The molecular weight excluding hydrogens is 399 g/mol. The van der Waals surface area contributed by atoms with Crippen molar-refractivity contribution in [1.29, 1.82) is 0 Å². The van der Waals surface area contributed by atoms with Crippen molar-refractivity contribution in [2.24, 2.45) is 0 Å². The number of rotatable bonds is 1. The Kier molecular flexibility index (Phi) is 3.83. The summed E-state index contributed by atoms with van der Waals surface area (Å²) in [5.41, 5.74) is -0.258. The second kappa shape index (κ2) is 4.76. The molecular formula is C9H6F3IrN3+3. The van der Waals surface area contributed by atoms with Crippen LogP contribution >= 0.6 is 0 Å². The molecule has 84 valence electrons. The van der Waals surface area contributed by atoms with E-state index < -0.39 is 11.9 Å². The van der Waals surface area contributed by atoms with Crippen LogP contribution in [0, 0.1) is 0 Å². The van der Waals surface area contributed by atoms with Crippen molar-refractivity contribution in [3.8, 4) is 11.4 Å². The van der Waals surface area contributed by atoms with Crippen molar-refractivity contribution in [2.75, 3.05) is 0 Å². The van der Waals surface area contributed by atoms with Gasteiger partial charge in [0.1, 0.15) is 0 Å². The van der Waals surface area contributed by atoms with Crippen LogP contribution in [0.4, 0.5) is 13.2 Å². The van der Waals surface area contributed by atoms with E-state index in [0.29, 0.717) is 5.69 Å². The monoisotopic (exact) mass is 406 g/mol. The number of halogens is 3. The van der Waals surface area contributed by atoms with E-state index in [9.17, 15) is 13.2 Å². The topological polar surface area (TPSA) is 41.6 Å². The third-order valence-corrected chi connectivity index (χ3v) is 1.81. The van der Waals surface area contributed by atoms with E-state index in [1.54, 1.807) is 18.2 Å². The number of hydrogen-bond acceptors (Lipinski definition) is 2. The van der Waals surface area contributed by atoms with Crippen LogP contribution in [-0.2, 0) is 26.3 Å². The maximum absolute atomic E-state index is 12.2. The number of H-pyrrole nitrogens is 1. The van der Waals surface area contributed by atoms with Crippen molar-refractivity contribution in [1.82, 2.24) is 15.2 Å². The Morgan fingerprint density at radius 3 is 2.44 bits per heavy atom. The number of hydrogen-bond donors (Lipinski definition) is 1. The van der Waals surface area contributed by atoms with Crippen LogP contribution < -0.4 is 0 Å². The molecule has 0 radical (unpaired) electrons. The van der Waals surface area contributed by atoms with Gasteiger partial charge in [-0.3, -0.25) is 10.1 Å². The van der Waals surface area contributed by atoms with Gasteiger partial charge < -0.3 is 0 Å². The number of aromatic amines is 1. The van der Waals surface area contributed by atoms with Crippen molar-refractivity contribution in [3.63, 3.8) is 0 Å². The molecule has 0 aliphatic heterocycles. The number of aromatic nitrogens is 3. The van der Waals surface area contributed by atoms with E-state index in [0.717, 1.165) is 6.07 Å². The van der Waals surface area contributed by atoms with Gasteiger partial charge in [0, 0.05) is 6.20 Å². The fourth-order valence-corrected chi connectivity index (χ4v) is 1.12. The Morgan fingerprint density at radius 2 is 1.94 bits per heavy atom. The summed E-state index contributed by atoms with van der Waals surface area (Å²) in [5, 5.41) is 5.47. The zero-order chi connectivity index (χ0) is 10.9. The minimum Gasteiger partial charge on any atom is -0.276 e. The normalized spacial score (nSPS) is 10.9. The van der Waals surface area contributed by atoms with Crippen molar-refractivity contribution in [2.45, 2.75) is 6.18 Å². The Bertz CT molecular complexity index is 453. The van der Waals surface area contributed by atoms with Gasteiger partial charge in [-0.1, -0.05) is 6.07 Å². The van der Waals surface area contributed by atoms with Gasteiger partial charge in [-0.05, 0) is 18.2 Å². The van der Waals surface area contributed by atoms with E-state index in [1.165, 1.54) is 6.20 Å². The van der Waals surface area contributed by atoms with Crippen LogP contribution in [0.25, 0.3) is 11.4 Å². The first-order valence-corrected chi connectivity index (χ1v) is 4.11. The quantitative estimate of drug-likeness (QED) is 0.792. The van der Waals surface area contributed by atoms with Crippen LogP contribution in [0.1, 0.15) is 5.69 Å². The molecule has 1 N–H and O–H groups in total. The van der Waals surface area contributed by atoms with E-state index >= 15 is 0 Å². The molecule has 0 bridgehead atoms. The first-order valence-electron chi connectivity index (χ1n) is 4.11. The van der Waals surface area contributed by atoms with Crippen LogP contribution in [0.3, 0.4) is 0 Å². The Labute approximate surface area is 102 Å². The fraction of sp³-hybridized carbons (Fsp3) is 0.111. The van der Waals surface area contributed by atoms with Gasteiger partial charge in [0.05, 0.1) is 11.4 Å². The van der Waals surface area contributed by atoms with Gasteiger partial charge in [-0.2, -0.15) is 18.3 Å². The van der Waals surface area contributed by atoms with Gasteiger partial charge in [-0.25, -0.2) is 0 Å². The molecule has 0 saturated carbocycles. The average Bonchev–Trinajstić information content (AvgIpc) is 2.67. The average molecular weight is 405 g/mol. The van der Waals surface area contributed by atoms with Crippen LogP contribution in [0.5, 0.6) is 0 Å². The smallest absolute Gasteiger partial charge is 0.276 e. The zero-order valence-corrected chi connectivity index (χ0v) is 10.1. The number of nitrogens with one attached hydrogen (secondary N) is 1. The van der Waals surface area contributed by atoms with Crippen LogP contribution in [0.15, 0.2) is 30.5 Å². The summed E-state index contributed by atoms with van der Waals surface area (Å²) in [6.07, 6.45) is -2.92. The third-order valence-electron chi connectivity index (χ3n) is 1.81. The second-order valence-corrected chi connectivity index (χ2v) is 2.88. The number of nitrogens with zero attached hydrogens (tertiary/aromatic N) is 2. The molecule has 0 unspecified atom stereocenters. The van der Waals surface area contributed by atoms with E-state index in [-0.39, 0.29) is 25.8 Å². The molecule has 0 amide bonds. The fourth-order valence-electron chi connectivity index (χ4n) is 1.12. The molecule has 0 saturated heterocycles. The second-order valence-electron chi connectivity index (χ2n) is 2.88. The summed E-state index contributed by atoms with van der Waals surface area (Å²) < 4.78 is 36.6. The molecule has 0 spiro atoms. The molecule has 2 aromatic heterocycles. The molecule has 16 heavy (non-hydrogen) atoms. The Balaban J connectivity index is 0.00000128. The van der Waals surface area contributed by atoms with Gasteiger partial charge in [0.25, 0.3) is 0 Å². The summed E-state index contributed by atoms with van der Waals surface area (Å²) in [6.45, 7) is 0. The summed E-state index contributed by atoms with van der Waals surface area (Å²) in [4.78, 5) is 3.91. The third kappa shape index (κ3) is 2.68. The van der Waals surface area contributed by atoms with Crippen molar-refractivity contribution in [3.05, 3.63) is 36.2 Å². The van der Waals surface area contributed by atoms with Gasteiger partial charge in [0.15, 0.2) is 5.69 Å². The predicted octanol–water partition coefficient (Wildman–Crippen LogP) is 2.49. The first-order chi connectivity index (χ1) is 7.07. The number of alkyl halides is 3. The maximum Gasteiger partial charge on any atom is 3.00 e. The first kappa shape index (κ1) is 12.9. The Hall–Kier alpha value is -1.20. The maximum atomic E-state index is 12.2. The molecule has 0 atom stereocenters. The van der Waals surface area contributed by atoms with Crippen molar-refractivity contribution >= 4 is 0 Å². The van der Waals surface area contributed by atoms with Crippen LogP contribution in [0.2, 0.25) is 0 Å². The van der Waals surface area contributed by atoms with E-state index in [4.69, 9.17) is 0 Å². The van der Waals surface area contributed by atoms with Crippen LogP contribution in [-0.4, -0.2) is 15.2 Å². The minimum absolute atomic E-state index is 0. The van der Waals surface area contributed by atoms with E-state index in [1.807, 2.05) is 0 Å². The molecule has 0 fully saturated rings. The van der Waals surface area contributed by atoms with Crippen molar-refractivity contribution < 1.29 is 33.3 Å². The standard InChI is InChI=1S/C9H6F3N3.Ir/c10-9(11,12)8-5-7(14-15-8)6-3-1-2-4-13-6;/h1-5H,(H,14,15);/q;+3. The molecule has 3 nitrogen and oxygen atoms in total. The molecule has 2 heterocycles. The van der Waals surface area contributed by atoms with Gasteiger partial charge in [-0.15, -0.1) is 0 Å². The molecule has 0 aliphatic carbocycles. The molecule has 2 rings (SSSR count). The SMILES string of the molecule is FC(F)(F)c1cc(-c2ccccn2)[nH]n1.[Ir+3]. The molecule has 2 aromatic rings. The van der Waals surface area contributed by atoms with E-state index in [2.05, 4.69) is 15.2 Å². The predicted molar refractivity (Wildman–Crippen MR) is 46.8 cm³/mol. The molecule has 7 heteroatoms. The minimum atomic E-state index is -4.43. The summed E-state index contributed by atoms with van der Waals surface area (Å²) >= 11 is 0. The largest absolute Gasteiger partial charge is 3.00 e. The van der Waals surface area contributed by atoms with Gasteiger partial charge >= 0.3 is 26.3 Å². The summed E-state index contributed by atoms with van der Waals surface area (Å²) in [6, 6.07) is 5.91. The summed E-state index contributed by atoms with van der Waals surface area (Å²) in [7, 11) is 0. The zero-order valence-electron chi connectivity index (χ0n) is 7.75. The summed E-state index contributed by atoms with van der Waals surface area (Å²) in [5.74, 6) is 0.